The van der Waals surface area contributed by atoms with E-state index in [4.69, 9.17) is 0 Å². The molecule has 0 radical (unpaired) electrons. The number of hydrogen-bond donors (Lipinski definition) is 2. The third-order valence-electron chi connectivity index (χ3n) is 4.97. The second-order valence-corrected chi connectivity index (χ2v) is 8.87. The number of rotatable bonds is 7. The molecule has 1 aromatic rings. The zero-order valence-electron chi connectivity index (χ0n) is 14.9. The molecule has 1 aromatic carbocycles. The molecule has 1 amide bonds. The van der Waals surface area contributed by atoms with Crippen molar-refractivity contribution in [1.29, 1.82) is 0 Å². The number of halogens is 1. The third-order valence-corrected chi connectivity index (χ3v) is 6.88. The summed E-state index contributed by atoms with van der Waals surface area (Å²) in [7, 11) is -3.38. The number of nitrogens with zero attached hydrogens (tertiary/aromatic N) is 1. The van der Waals surface area contributed by atoms with E-state index in [-0.39, 0.29) is 18.3 Å². The van der Waals surface area contributed by atoms with Gasteiger partial charge in [0.25, 0.3) is 0 Å². The molecule has 8 heteroatoms. The summed E-state index contributed by atoms with van der Waals surface area (Å²) in [5, 5.41) is 6.13. The maximum atomic E-state index is 12.6. The minimum Gasteiger partial charge on any atom is -0.356 e. The lowest BCUT2D eigenvalue weighted by atomic mass is 10.0. The van der Waals surface area contributed by atoms with Crippen molar-refractivity contribution in [2.24, 2.45) is 5.92 Å². The molecule has 2 N–H and O–H groups in total. The number of sulfonamides is 1. The molecule has 26 heavy (non-hydrogen) atoms. The Morgan fingerprint density at radius 1 is 1.12 bits per heavy atom. The fourth-order valence-electron chi connectivity index (χ4n) is 3.18. The molecule has 0 saturated carbocycles. The molecule has 0 unspecified atom stereocenters. The van der Waals surface area contributed by atoms with Crippen LogP contribution in [0.25, 0.3) is 0 Å². The maximum absolute atomic E-state index is 12.6. The van der Waals surface area contributed by atoms with Crippen LogP contribution in [0.5, 0.6) is 0 Å². The first-order chi connectivity index (χ1) is 12.1. The van der Waals surface area contributed by atoms with E-state index in [1.165, 1.54) is 0 Å². The summed E-state index contributed by atoms with van der Waals surface area (Å²) in [6.45, 7) is 3.92. The van der Waals surface area contributed by atoms with Crippen molar-refractivity contribution in [1.82, 2.24) is 14.9 Å². The van der Waals surface area contributed by atoms with E-state index < -0.39 is 10.0 Å². The summed E-state index contributed by atoms with van der Waals surface area (Å²) in [6, 6.07) is 6.97. The average Bonchev–Trinajstić information content (AvgIpc) is 2.60. The highest BCUT2D eigenvalue weighted by Crippen LogP contribution is 2.21. The SMILES string of the molecule is Cl.O=C(CCc1ccc(S(=O)(=O)N2CCCCC2)cc1)NCC1CNC1. The Bertz CT molecular complexity index is 684. The molecular formula is C18H28ClN3O3S. The molecule has 2 heterocycles. The van der Waals surface area contributed by atoms with Gasteiger partial charge >= 0.3 is 0 Å². The normalized spacial score (nSPS) is 18.6. The molecule has 3 rings (SSSR count). The van der Waals surface area contributed by atoms with Crippen LogP contribution in [0.4, 0.5) is 0 Å². The van der Waals surface area contributed by atoms with Crippen molar-refractivity contribution in [3.63, 3.8) is 0 Å². The Morgan fingerprint density at radius 2 is 1.77 bits per heavy atom. The Morgan fingerprint density at radius 3 is 2.35 bits per heavy atom. The van der Waals surface area contributed by atoms with E-state index in [1.807, 2.05) is 12.1 Å². The summed E-state index contributed by atoms with van der Waals surface area (Å²) in [5.74, 6) is 0.611. The molecular weight excluding hydrogens is 374 g/mol. The van der Waals surface area contributed by atoms with Crippen LogP contribution in [0.2, 0.25) is 0 Å². The monoisotopic (exact) mass is 401 g/mol. The maximum Gasteiger partial charge on any atom is 0.243 e. The molecule has 0 atom stereocenters. The van der Waals surface area contributed by atoms with Crippen LogP contribution in [0.1, 0.15) is 31.2 Å². The Balaban J connectivity index is 0.00000243. The molecule has 6 nitrogen and oxygen atoms in total. The molecule has 0 spiro atoms. The van der Waals surface area contributed by atoms with Crippen molar-refractivity contribution >= 4 is 28.3 Å². The van der Waals surface area contributed by atoms with E-state index in [1.54, 1.807) is 16.4 Å². The van der Waals surface area contributed by atoms with E-state index in [0.717, 1.165) is 44.5 Å². The van der Waals surface area contributed by atoms with Crippen LogP contribution in [0.15, 0.2) is 29.2 Å². The summed E-state index contributed by atoms with van der Waals surface area (Å²) in [6.07, 6.45) is 4.02. The van der Waals surface area contributed by atoms with E-state index >= 15 is 0 Å². The third kappa shape index (κ3) is 5.42. The first kappa shape index (κ1) is 21.2. The van der Waals surface area contributed by atoms with Crippen LogP contribution >= 0.6 is 12.4 Å². The Kier molecular flexibility index (Phi) is 7.88. The summed E-state index contributed by atoms with van der Waals surface area (Å²) in [5.41, 5.74) is 0.984. The molecule has 0 aromatic heterocycles. The predicted octanol–water partition coefficient (Wildman–Crippen LogP) is 1.55. The van der Waals surface area contributed by atoms with Gasteiger partial charge in [-0.15, -0.1) is 12.4 Å². The lowest BCUT2D eigenvalue weighted by Crippen LogP contribution is -2.48. The van der Waals surface area contributed by atoms with Crippen molar-refractivity contribution in [2.75, 3.05) is 32.7 Å². The van der Waals surface area contributed by atoms with Crippen molar-refractivity contribution in [2.45, 2.75) is 37.0 Å². The summed E-state index contributed by atoms with van der Waals surface area (Å²) >= 11 is 0. The van der Waals surface area contributed by atoms with Crippen molar-refractivity contribution < 1.29 is 13.2 Å². The number of carbonyl (C=O) groups excluding carboxylic acids is 1. The van der Waals surface area contributed by atoms with Crippen molar-refractivity contribution in [3.05, 3.63) is 29.8 Å². The van der Waals surface area contributed by atoms with Gasteiger partial charge in [0.1, 0.15) is 0 Å². The number of benzene rings is 1. The number of hydrogen-bond acceptors (Lipinski definition) is 4. The Labute approximate surface area is 162 Å². The molecule has 2 fully saturated rings. The van der Waals surface area contributed by atoms with Gasteiger partial charge in [-0.05, 0) is 37.0 Å². The van der Waals surface area contributed by atoms with Gasteiger partial charge in [0.05, 0.1) is 4.90 Å². The second-order valence-electron chi connectivity index (χ2n) is 6.94. The summed E-state index contributed by atoms with van der Waals surface area (Å²) < 4.78 is 26.8. The quantitative estimate of drug-likeness (QED) is 0.726. The highest BCUT2D eigenvalue weighted by atomic mass is 35.5. The van der Waals surface area contributed by atoms with Crippen LogP contribution in [-0.2, 0) is 21.2 Å². The fourth-order valence-corrected chi connectivity index (χ4v) is 4.70. The minimum absolute atomic E-state index is 0. The first-order valence-corrected chi connectivity index (χ1v) is 10.6. The van der Waals surface area contributed by atoms with Gasteiger partial charge in [0.2, 0.25) is 15.9 Å². The van der Waals surface area contributed by atoms with Crippen LogP contribution in [0, 0.1) is 5.92 Å². The minimum atomic E-state index is -3.38. The van der Waals surface area contributed by atoms with Gasteiger partial charge in [0, 0.05) is 45.1 Å². The average molecular weight is 402 g/mol. The van der Waals surface area contributed by atoms with E-state index in [2.05, 4.69) is 10.6 Å². The van der Waals surface area contributed by atoms with Crippen LogP contribution < -0.4 is 10.6 Å². The van der Waals surface area contributed by atoms with E-state index in [0.29, 0.717) is 36.7 Å². The fraction of sp³-hybridized carbons (Fsp3) is 0.611. The number of nitrogens with one attached hydrogen (secondary N) is 2. The molecule has 146 valence electrons. The number of amides is 1. The largest absolute Gasteiger partial charge is 0.356 e. The first-order valence-electron chi connectivity index (χ1n) is 9.12. The van der Waals surface area contributed by atoms with Gasteiger partial charge < -0.3 is 10.6 Å². The standard InChI is InChI=1S/C18H27N3O3S.ClH/c22-18(20-14-16-12-19-13-16)9-6-15-4-7-17(8-5-15)25(23,24)21-10-2-1-3-11-21;/h4-5,7-8,16,19H,1-3,6,9-14H2,(H,20,22);1H. The number of aryl methyl sites for hydroxylation is 1. The zero-order valence-corrected chi connectivity index (χ0v) is 16.6. The molecule has 0 aliphatic carbocycles. The molecule has 2 saturated heterocycles. The number of carbonyl (C=O) groups is 1. The lowest BCUT2D eigenvalue weighted by Gasteiger charge is -2.27. The van der Waals surface area contributed by atoms with Gasteiger partial charge in [-0.1, -0.05) is 18.6 Å². The van der Waals surface area contributed by atoms with Gasteiger partial charge in [-0.2, -0.15) is 4.31 Å². The molecule has 2 aliphatic rings. The predicted molar refractivity (Wildman–Crippen MR) is 104 cm³/mol. The van der Waals surface area contributed by atoms with Gasteiger partial charge in [0.15, 0.2) is 0 Å². The van der Waals surface area contributed by atoms with Crippen LogP contribution in [-0.4, -0.2) is 51.4 Å². The Hall–Kier alpha value is -1.15. The highest BCUT2D eigenvalue weighted by molar-refractivity contribution is 7.89. The smallest absolute Gasteiger partial charge is 0.243 e. The van der Waals surface area contributed by atoms with Gasteiger partial charge in [-0.25, -0.2) is 8.42 Å². The molecule has 2 aliphatic heterocycles. The highest BCUT2D eigenvalue weighted by Gasteiger charge is 2.25. The molecule has 0 bridgehead atoms. The summed E-state index contributed by atoms with van der Waals surface area (Å²) in [4.78, 5) is 12.2. The number of piperidine rings is 1. The second kappa shape index (κ2) is 9.69. The lowest BCUT2D eigenvalue weighted by molar-refractivity contribution is -0.121. The zero-order chi connectivity index (χ0) is 17.7. The van der Waals surface area contributed by atoms with Crippen LogP contribution in [0.3, 0.4) is 0 Å². The van der Waals surface area contributed by atoms with E-state index in [9.17, 15) is 13.2 Å². The van der Waals surface area contributed by atoms with Gasteiger partial charge in [-0.3, -0.25) is 4.79 Å². The topological polar surface area (TPSA) is 78.5 Å². The van der Waals surface area contributed by atoms with Crippen molar-refractivity contribution in [3.8, 4) is 0 Å².